The van der Waals surface area contributed by atoms with E-state index >= 15 is 0 Å². The number of nitrogens with one attached hydrogen (secondary N) is 1. The minimum Gasteiger partial charge on any atom is -0.491 e. The fourth-order valence-electron chi connectivity index (χ4n) is 3.36. The Kier molecular flexibility index (Phi) is 8.48. The Labute approximate surface area is 206 Å². The summed E-state index contributed by atoms with van der Waals surface area (Å²) in [7, 11) is -1.17. The molecule has 0 saturated heterocycles. The number of nitrogens with zero attached hydrogens (tertiary/aromatic N) is 2. The van der Waals surface area contributed by atoms with Gasteiger partial charge in [0.05, 0.1) is 18.8 Å². The van der Waals surface area contributed by atoms with Gasteiger partial charge < -0.3 is 10.1 Å². The zero-order valence-electron chi connectivity index (χ0n) is 20.3. The van der Waals surface area contributed by atoms with E-state index in [1.807, 2.05) is 32.0 Å². The van der Waals surface area contributed by atoms with E-state index in [4.69, 9.17) is 4.74 Å². The van der Waals surface area contributed by atoms with Crippen LogP contribution in [0.1, 0.15) is 27.0 Å². The Morgan fingerprint density at radius 1 is 1.00 bits per heavy atom. The van der Waals surface area contributed by atoms with Crippen LogP contribution in [0.4, 0.5) is 10.1 Å². The van der Waals surface area contributed by atoms with Crippen LogP contribution in [0.5, 0.6) is 5.75 Å². The number of para-hydroxylation sites is 1. The monoisotopic (exact) mass is 499 g/mol. The molecule has 0 saturated carbocycles. The van der Waals surface area contributed by atoms with Crippen LogP contribution in [0.15, 0.2) is 66.7 Å². The normalized spacial score (nSPS) is 11.4. The van der Waals surface area contributed by atoms with Crippen molar-refractivity contribution in [2.45, 2.75) is 20.4 Å². The summed E-state index contributed by atoms with van der Waals surface area (Å²) in [4.78, 5) is 12.5. The number of carbonyl (C=O) groups excluding carboxylic acids is 1. The molecule has 0 radical (unpaired) electrons. The first kappa shape index (κ1) is 26.2. The molecule has 3 rings (SSSR count). The topological polar surface area (TPSA) is 79.0 Å². The zero-order valence-corrected chi connectivity index (χ0v) is 21.1. The maximum absolute atomic E-state index is 14.4. The fourth-order valence-corrected chi connectivity index (χ4v) is 4.46. The van der Waals surface area contributed by atoms with Crippen molar-refractivity contribution in [1.29, 1.82) is 0 Å². The van der Waals surface area contributed by atoms with Crippen molar-refractivity contribution in [1.82, 2.24) is 9.62 Å². The summed E-state index contributed by atoms with van der Waals surface area (Å²) in [6.07, 6.45) is 0. The van der Waals surface area contributed by atoms with Gasteiger partial charge in [-0.15, -0.1) is 0 Å². The first-order valence-electron chi connectivity index (χ1n) is 11.1. The van der Waals surface area contributed by atoms with Crippen LogP contribution in [0.2, 0.25) is 0 Å². The highest BCUT2D eigenvalue weighted by Crippen LogP contribution is 2.25. The summed E-state index contributed by atoms with van der Waals surface area (Å²) in [5, 5.41) is 2.81. The summed E-state index contributed by atoms with van der Waals surface area (Å²) in [6, 6.07) is 18.2. The van der Waals surface area contributed by atoms with Crippen molar-refractivity contribution >= 4 is 21.8 Å². The van der Waals surface area contributed by atoms with E-state index in [1.165, 1.54) is 32.3 Å². The lowest BCUT2D eigenvalue weighted by molar-refractivity contribution is 0.0947. The highest BCUT2D eigenvalue weighted by molar-refractivity contribution is 7.90. The SMILES string of the molecule is Cc1ccc(C)c(OCCNC(=O)c2ccc(CN(c3ccccc3F)S(=O)(=O)N(C)C)cc2)c1. The van der Waals surface area contributed by atoms with Crippen molar-refractivity contribution in [3.05, 3.63) is 94.8 Å². The second-order valence-corrected chi connectivity index (χ2v) is 10.4. The van der Waals surface area contributed by atoms with Crippen molar-refractivity contribution in [2.24, 2.45) is 0 Å². The van der Waals surface area contributed by atoms with Crippen molar-refractivity contribution < 1.29 is 22.3 Å². The molecule has 0 atom stereocenters. The van der Waals surface area contributed by atoms with Crippen LogP contribution < -0.4 is 14.4 Å². The Morgan fingerprint density at radius 2 is 1.69 bits per heavy atom. The summed E-state index contributed by atoms with van der Waals surface area (Å²) >= 11 is 0. The van der Waals surface area contributed by atoms with Gasteiger partial charge >= 0.3 is 10.2 Å². The van der Waals surface area contributed by atoms with Crippen LogP contribution in [0, 0.1) is 19.7 Å². The summed E-state index contributed by atoms with van der Waals surface area (Å²) < 4.78 is 47.9. The molecule has 0 unspecified atom stereocenters. The molecule has 186 valence electrons. The Morgan fingerprint density at radius 3 is 2.34 bits per heavy atom. The third-order valence-corrected chi connectivity index (χ3v) is 7.20. The van der Waals surface area contributed by atoms with Gasteiger partial charge in [-0.2, -0.15) is 12.7 Å². The van der Waals surface area contributed by atoms with E-state index in [2.05, 4.69) is 5.32 Å². The number of hydrogen-bond donors (Lipinski definition) is 1. The van der Waals surface area contributed by atoms with Gasteiger partial charge in [-0.1, -0.05) is 36.4 Å². The molecular weight excluding hydrogens is 469 g/mol. The number of rotatable bonds is 10. The standard InChI is InChI=1S/C26H30FN3O4S/c1-19-9-10-20(2)25(17-19)34-16-15-28-26(31)22-13-11-21(12-14-22)18-30(35(32,33)29(3)4)24-8-6-5-7-23(24)27/h5-14,17H,15-16,18H2,1-4H3,(H,28,31). The van der Waals surface area contributed by atoms with Crippen LogP contribution in [0.3, 0.4) is 0 Å². The second-order valence-electron chi connectivity index (χ2n) is 8.32. The van der Waals surface area contributed by atoms with Crippen LogP contribution in [0.25, 0.3) is 0 Å². The van der Waals surface area contributed by atoms with E-state index in [9.17, 15) is 17.6 Å². The van der Waals surface area contributed by atoms with E-state index in [-0.39, 0.29) is 18.1 Å². The molecule has 3 aromatic rings. The average molecular weight is 500 g/mol. The van der Waals surface area contributed by atoms with E-state index in [0.29, 0.717) is 24.3 Å². The van der Waals surface area contributed by atoms with Gasteiger partial charge in [-0.3, -0.25) is 9.10 Å². The quantitative estimate of drug-likeness (QED) is 0.427. The second kappa shape index (κ2) is 11.3. The molecule has 0 fully saturated rings. The molecular formula is C26H30FN3O4S. The lowest BCUT2D eigenvalue weighted by atomic mass is 10.1. The van der Waals surface area contributed by atoms with Crippen LogP contribution in [-0.4, -0.2) is 45.9 Å². The zero-order chi connectivity index (χ0) is 25.6. The summed E-state index contributed by atoms with van der Waals surface area (Å²) in [5.41, 5.74) is 3.11. The molecule has 0 spiro atoms. The molecule has 7 nitrogen and oxygen atoms in total. The maximum Gasteiger partial charge on any atom is 0.303 e. The molecule has 1 N–H and O–H groups in total. The fraction of sp³-hybridized carbons (Fsp3) is 0.269. The molecule has 0 bridgehead atoms. The van der Waals surface area contributed by atoms with E-state index in [0.717, 1.165) is 25.5 Å². The largest absolute Gasteiger partial charge is 0.491 e. The van der Waals surface area contributed by atoms with Crippen LogP contribution in [-0.2, 0) is 16.8 Å². The van der Waals surface area contributed by atoms with Gasteiger partial charge in [0.1, 0.15) is 18.2 Å². The molecule has 0 heterocycles. The smallest absolute Gasteiger partial charge is 0.303 e. The Balaban J connectivity index is 1.64. The minimum absolute atomic E-state index is 0.0492. The minimum atomic E-state index is -3.95. The predicted molar refractivity (Wildman–Crippen MR) is 135 cm³/mol. The highest BCUT2D eigenvalue weighted by atomic mass is 32.2. The number of hydrogen-bond acceptors (Lipinski definition) is 4. The summed E-state index contributed by atoms with van der Waals surface area (Å²) in [5.74, 6) is -0.124. The first-order chi connectivity index (χ1) is 16.6. The molecule has 35 heavy (non-hydrogen) atoms. The van der Waals surface area contributed by atoms with E-state index in [1.54, 1.807) is 30.3 Å². The van der Waals surface area contributed by atoms with Gasteiger partial charge in [0.2, 0.25) is 0 Å². The molecule has 0 aliphatic heterocycles. The highest BCUT2D eigenvalue weighted by Gasteiger charge is 2.27. The number of aryl methyl sites for hydroxylation is 2. The lowest BCUT2D eigenvalue weighted by Gasteiger charge is -2.27. The average Bonchev–Trinajstić information content (AvgIpc) is 2.83. The number of ether oxygens (including phenoxy) is 1. The number of halogens is 1. The number of anilines is 1. The van der Waals surface area contributed by atoms with Crippen LogP contribution >= 0.6 is 0 Å². The van der Waals surface area contributed by atoms with Gasteiger partial charge in [0.15, 0.2) is 0 Å². The van der Waals surface area contributed by atoms with E-state index < -0.39 is 16.0 Å². The molecule has 0 aliphatic rings. The third-order valence-electron chi connectivity index (χ3n) is 5.39. The number of benzene rings is 3. The van der Waals surface area contributed by atoms with Crippen molar-refractivity contribution in [3.8, 4) is 5.75 Å². The van der Waals surface area contributed by atoms with Gasteiger partial charge in [0.25, 0.3) is 5.91 Å². The van der Waals surface area contributed by atoms with Gasteiger partial charge in [-0.25, -0.2) is 4.39 Å². The lowest BCUT2D eigenvalue weighted by Crippen LogP contribution is -2.40. The maximum atomic E-state index is 14.4. The van der Waals surface area contributed by atoms with Crippen molar-refractivity contribution in [2.75, 3.05) is 31.6 Å². The molecule has 9 heteroatoms. The molecule has 1 amide bonds. The van der Waals surface area contributed by atoms with Gasteiger partial charge in [0, 0.05) is 19.7 Å². The Bertz CT molecular complexity index is 1280. The molecule has 0 aliphatic carbocycles. The molecule has 3 aromatic carbocycles. The predicted octanol–water partition coefficient (Wildman–Crippen LogP) is 4.06. The first-order valence-corrected chi connectivity index (χ1v) is 12.5. The number of carbonyl (C=O) groups is 1. The third kappa shape index (κ3) is 6.58. The molecule has 0 aromatic heterocycles. The van der Waals surface area contributed by atoms with Gasteiger partial charge in [-0.05, 0) is 60.9 Å². The Hall–Kier alpha value is -3.43. The number of amides is 1. The summed E-state index contributed by atoms with van der Waals surface area (Å²) in [6.45, 7) is 4.52. The van der Waals surface area contributed by atoms with Crippen molar-refractivity contribution in [3.63, 3.8) is 0 Å².